The first-order valence-electron chi connectivity index (χ1n) is 9.22. The van der Waals surface area contributed by atoms with Gasteiger partial charge in [0.05, 0.1) is 0 Å². The summed E-state index contributed by atoms with van der Waals surface area (Å²) in [5.74, 6) is 4.03. The molecule has 0 aromatic carbocycles. The lowest BCUT2D eigenvalue weighted by Gasteiger charge is -2.21. The van der Waals surface area contributed by atoms with Gasteiger partial charge in [-0.2, -0.15) is 5.10 Å². The van der Waals surface area contributed by atoms with Gasteiger partial charge in [-0.1, -0.05) is 0 Å². The van der Waals surface area contributed by atoms with Gasteiger partial charge in [-0.05, 0) is 44.7 Å². The second kappa shape index (κ2) is 6.16. The van der Waals surface area contributed by atoms with Crippen LogP contribution in [0.15, 0.2) is 24.5 Å². The van der Waals surface area contributed by atoms with Gasteiger partial charge >= 0.3 is 0 Å². The normalized spacial score (nSPS) is 19.1. The number of rotatable bonds is 3. The summed E-state index contributed by atoms with van der Waals surface area (Å²) >= 11 is 0. The van der Waals surface area contributed by atoms with Crippen molar-refractivity contribution in [3.63, 3.8) is 0 Å². The maximum absolute atomic E-state index is 4.96. The first-order valence-corrected chi connectivity index (χ1v) is 9.22. The highest BCUT2D eigenvalue weighted by Gasteiger charge is 2.31. The summed E-state index contributed by atoms with van der Waals surface area (Å²) in [6.07, 6.45) is 7.93. The van der Waals surface area contributed by atoms with E-state index in [0.717, 1.165) is 67.6 Å². The van der Waals surface area contributed by atoms with E-state index in [1.807, 2.05) is 25.3 Å². The van der Waals surface area contributed by atoms with Crippen molar-refractivity contribution in [2.24, 2.45) is 0 Å². The molecule has 0 saturated carbocycles. The fourth-order valence-corrected chi connectivity index (χ4v) is 4.00. The molecule has 0 radical (unpaired) electrons. The predicted octanol–water partition coefficient (Wildman–Crippen LogP) is 2.45. The molecule has 1 saturated heterocycles. The number of pyridine rings is 1. The molecule has 4 heterocycles. The first kappa shape index (κ1) is 15.4. The quantitative estimate of drug-likeness (QED) is 0.783. The fraction of sp³-hybridized carbons (Fsp3) is 0.421. The lowest BCUT2D eigenvalue weighted by Crippen LogP contribution is -2.23. The van der Waals surface area contributed by atoms with Crippen LogP contribution < -0.4 is 4.90 Å². The van der Waals surface area contributed by atoms with Crippen LogP contribution in [0.4, 0.5) is 5.82 Å². The van der Waals surface area contributed by atoms with E-state index >= 15 is 0 Å². The van der Waals surface area contributed by atoms with Crippen molar-refractivity contribution in [2.75, 3.05) is 18.0 Å². The van der Waals surface area contributed by atoms with Crippen LogP contribution in [0, 0.1) is 6.92 Å². The van der Waals surface area contributed by atoms with Crippen molar-refractivity contribution >= 4 is 5.82 Å². The average Bonchev–Trinajstić information content (AvgIpc) is 3.41. The summed E-state index contributed by atoms with van der Waals surface area (Å²) < 4.78 is 0. The third kappa shape index (κ3) is 2.64. The number of nitrogens with zero attached hydrogens (tertiary/aromatic N) is 6. The van der Waals surface area contributed by atoms with Gasteiger partial charge in [-0.3, -0.25) is 10.1 Å². The highest BCUT2D eigenvalue weighted by molar-refractivity contribution is 5.61. The molecule has 0 bridgehead atoms. The third-order valence-electron chi connectivity index (χ3n) is 5.30. The minimum Gasteiger partial charge on any atom is -0.356 e. The van der Waals surface area contributed by atoms with Crippen LogP contribution in [-0.4, -0.2) is 43.2 Å². The molecule has 1 aliphatic carbocycles. The van der Waals surface area contributed by atoms with Crippen molar-refractivity contribution in [1.29, 1.82) is 0 Å². The van der Waals surface area contributed by atoms with Gasteiger partial charge < -0.3 is 4.90 Å². The molecule has 1 aliphatic heterocycles. The number of aromatic amines is 1. The molecule has 5 rings (SSSR count). The number of hydrogen-bond donors (Lipinski definition) is 1. The summed E-state index contributed by atoms with van der Waals surface area (Å²) in [5, 5.41) is 7.32. The number of nitrogens with one attached hydrogen (secondary N) is 1. The van der Waals surface area contributed by atoms with Crippen LogP contribution in [0.5, 0.6) is 0 Å². The maximum Gasteiger partial charge on any atom is 0.163 e. The van der Waals surface area contributed by atoms with Crippen molar-refractivity contribution < 1.29 is 0 Å². The SMILES string of the molecule is Cc1nc(C2CCN(c3nc(-c4cccnc4)nc4c3CCC4)C2)n[nH]1. The predicted molar refractivity (Wildman–Crippen MR) is 98.0 cm³/mol. The van der Waals surface area contributed by atoms with Crippen molar-refractivity contribution in [3.05, 3.63) is 47.4 Å². The fourth-order valence-electron chi connectivity index (χ4n) is 4.00. The number of H-pyrrole nitrogens is 1. The second-order valence-electron chi connectivity index (χ2n) is 7.10. The molecule has 1 atom stereocenters. The zero-order valence-electron chi connectivity index (χ0n) is 14.8. The van der Waals surface area contributed by atoms with Crippen LogP contribution in [0.3, 0.4) is 0 Å². The number of aromatic nitrogens is 6. The number of anilines is 1. The van der Waals surface area contributed by atoms with Crippen molar-refractivity contribution in [2.45, 2.75) is 38.5 Å². The van der Waals surface area contributed by atoms with E-state index in [0.29, 0.717) is 5.92 Å². The maximum atomic E-state index is 4.96. The topological polar surface area (TPSA) is 83.5 Å². The molecular weight excluding hydrogens is 326 g/mol. The Morgan fingerprint density at radius 3 is 2.96 bits per heavy atom. The summed E-state index contributed by atoms with van der Waals surface area (Å²) in [6, 6.07) is 3.96. The van der Waals surface area contributed by atoms with E-state index in [4.69, 9.17) is 9.97 Å². The molecule has 2 aliphatic rings. The standard InChI is InChI=1S/C19H21N7/c1-12-21-18(25-24-12)14-7-9-26(11-14)19-15-5-2-6-16(15)22-17(23-19)13-4-3-8-20-10-13/h3-4,8,10,14H,2,5-7,9,11H2,1H3,(H,21,24,25). The van der Waals surface area contributed by atoms with E-state index in [1.54, 1.807) is 6.20 Å². The highest BCUT2D eigenvalue weighted by Crippen LogP contribution is 2.35. The largest absolute Gasteiger partial charge is 0.356 e. The van der Waals surface area contributed by atoms with E-state index in [-0.39, 0.29) is 0 Å². The number of fused-ring (bicyclic) bond motifs is 1. The number of hydrogen-bond acceptors (Lipinski definition) is 6. The Bertz CT molecular complexity index is 934. The highest BCUT2D eigenvalue weighted by atomic mass is 15.3. The molecule has 7 heteroatoms. The zero-order valence-corrected chi connectivity index (χ0v) is 14.8. The third-order valence-corrected chi connectivity index (χ3v) is 5.30. The molecule has 0 amide bonds. The van der Waals surface area contributed by atoms with E-state index in [9.17, 15) is 0 Å². The number of aryl methyl sites for hydroxylation is 2. The monoisotopic (exact) mass is 347 g/mol. The Morgan fingerprint density at radius 2 is 2.15 bits per heavy atom. The molecule has 1 N–H and O–H groups in total. The van der Waals surface area contributed by atoms with E-state index in [2.05, 4.69) is 25.1 Å². The molecule has 3 aromatic rings. The molecule has 1 unspecified atom stereocenters. The van der Waals surface area contributed by atoms with Gasteiger partial charge in [0.25, 0.3) is 0 Å². The molecule has 1 fully saturated rings. The van der Waals surface area contributed by atoms with Gasteiger partial charge in [0.15, 0.2) is 11.6 Å². The molecule has 26 heavy (non-hydrogen) atoms. The Hall–Kier alpha value is -2.83. The molecule has 3 aromatic heterocycles. The molecule has 0 spiro atoms. The second-order valence-corrected chi connectivity index (χ2v) is 7.10. The van der Waals surface area contributed by atoms with Crippen LogP contribution in [-0.2, 0) is 12.8 Å². The summed E-state index contributed by atoms with van der Waals surface area (Å²) in [6.45, 7) is 3.84. The minimum absolute atomic E-state index is 0.355. The molecule has 132 valence electrons. The minimum atomic E-state index is 0.355. The van der Waals surface area contributed by atoms with E-state index < -0.39 is 0 Å². The molecule has 7 nitrogen and oxygen atoms in total. The Labute approximate surface area is 151 Å². The Kier molecular flexibility index (Phi) is 3.65. The smallest absolute Gasteiger partial charge is 0.163 e. The summed E-state index contributed by atoms with van der Waals surface area (Å²) in [7, 11) is 0. The Balaban J connectivity index is 1.50. The van der Waals surface area contributed by atoms with Crippen LogP contribution >= 0.6 is 0 Å². The van der Waals surface area contributed by atoms with Gasteiger partial charge in [0, 0.05) is 48.2 Å². The summed E-state index contributed by atoms with van der Waals surface area (Å²) in [5.41, 5.74) is 3.50. The van der Waals surface area contributed by atoms with Crippen LogP contribution in [0.25, 0.3) is 11.4 Å². The lowest BCUT2D eigenvalue weighted by molar-refractivity contribution is 0.713. The van der Waals surface area contributed by atoms with Crippen LogP contribution in [0.1, 0.15) is 41.7 Å². The lowest BCUT2D eigenvalue weighted by atomic mass is 10.1. The van der Waals surface area contributed by atoms with E-state index in [1.165, 1.54) is 11.3 Å². The van der Waals surface area contributed by atoms with Gasteiger partial charge in [0.2, 0.25) is 0 Å². The van der Waals surface area contributed by atoms with Crippen LogP contribution in [0.2, 0.25) is 0 Å². The summed E-state index contributed by atoms with van der Waals surface area (Å²) in [4.78, 5) is 20.9. The average molecular weight is 347 g/mol. The Morgan fingerprint density at radius 1 is 1.19 bits per heavy atom. The first-order chi connectivity index (χ1) is 12.8. The molecular formula is C19H21N7. The van der Waals surface area contributed by atoms with Crippen molar-refractivity contribution in [3.8, 4) is 11.4 Å². The zero-order chi connectivity index (χ0) is 17.5. The van der Waals surface area contributed by atoms with Gasteiger partial charge in [0.1, 0.15) is 11.6 Å². The van der Waals surface area contributed by atoms with Crippen molar-refractivity contribution in [1.82, 2.24) is 30.1 Å². The van der Waals surface area contributed by atoms with Gasteiger partial charge in [-0.15, -0.1) is 0 Å². The van der Waals surface area contributed by atoms with Gasteiger partial charge in [-0.25, -0.2) is 15.0 Å².